The van der Waals surface area contributed by atoms with E-state index in [2.05, 4.69) is 41.8 Å². The van der Waals surface area contributed by atoms with Crippen LogP contribution < -0.4 is 11.1 Å². The number of anilines is 2. The van der Waals surface area contributed by atoms with E-state index in [9.17, 15) is 4.79 Å². The summed E-state index contributed by atoms with van der Waals surface area (Å²) in [6, 6.07) is 20.3. The van der Waals surface area contributed by atoms with Crippen LogP contribution in [0.3, 0.4) is 0 Å². The molecule has 0 bridgehead atoms. The number of hydrogen-bond acceptors (Lipinski definition) is 3. The van der Waals surface area contributed by atoms with Gasteiger partial charge in [-0.25, -0.2) is 4.98 Å². The van der Waals surface area contributed by atoms with Gasteiger partial charge in [0, 0.05) is 23.9 Å². The number of nitrogens with two attached hydrogens (primary N) is 1. The maximum absolute atomic E-state index is 11.3. The zero-order valence-electron chi connectivity index (χ0n) is 16.6. The number of aromatic nitrogens is 2. The second kappa shape index (κ2) is 7.80. The van der Waals surface area contributed by atoms with Gasteiger partial charge in [0.1, 0.15) is 17.2 Å². The number of amides is 1. The van der Waals surface area contributed by atoms with Gasteiger partial charge in [-0.15, -0.1) is 0 Å². The van der Waals surface area contributed by atoms with Crippen molar-refractivity contribution < 1.29 is 4.79 Å². The molecular formula is C24H24N4O. The number of fused-ring (bicyclic) bond motifs is 1. The maximum atomic E-state index is 11.3. The summed E-state index contributed by atoms with van der Waals surface area (Å²) in [6.07, 6.45) is 2.90. The van der Waals surface area contributed by atoms with Crippen LogP contribution in [0.1, 0.15) is 23.1 Å². The minimum atomic E-state index is -0.302. The Morgan fingerprint density at radius 2 is 1.72 bits per heavy atom. The van der Waals surface area contributed by atoms with Crippen LogP contribution >= 0.6 is 0 Å². The molecule has 4 rings (SSSR count). The summed E-state index contributed by atoms with van der Waals surface area (Å²) in [5, 5.41) is 3.63. The summed E-state index contributed by atoms with van der Waals surface area (Å²) in [5.74, 6) is 0.605. The molecule has 2 heterocycles. The first kappa shape index (κ1) is 18.7. The number of nitrogens with zero attached hydrogens (tertiary/aromatic N) is 2. The van der Waals surface area contributed by atoms with Gasteiger partial charge in [0.15, 0.2) is 0 Å². The van der Waals surface area contributed by atoms with Crippen molar-refractivity contribution in [3.8, 4) is 11.3 Å². The van der Waals surface area contributed by atoms with Gasteiger partial charge in [-0.1, -0.05) is 48.5 Å². The van der Waals surface area contributed by atoms with E-state index in [4.69, 9.17) is 10.7 Å². The molecule has 29 heavy (non-hydrogen) atoms. The number of imidazole rings is 1. The molecular weight excluding hydrogens is 360 g/mol. The molecule has 2 aromatic carbocycles. The number of carbonyl (C=O) groups is 1. The van der Waals surface area contributed by atoms with Crippen molar-refractivity contribution in [3.63, 3.8) is 0 Å². The monoisotopic (exact) mass is 384 g/mol. The van der Waals surface area contributed by atoms with Crippen LogP contribution in [0.5, 0.6) is 0 Å². The molecule has 0 radical (unpaired) electrons. The third-order valence-electron chi connectivity index (χ3n) is 5.17. The Kier molecular flexibility index (Phi) is 5.04. The molecule has 4 aromatic rings. The van der Waals surface area contributed by atoms with E-state index >= 15 is 0 Å². The summed E-state index contributed by atoms with van der Waals surface area (Å²) >= 11 is 0. The Bertz CT molecular complexity index is 1170. The number of nitrogens with one attached hydrogen (secondary N) is 1. The molecule has 5 nitrogen and oxygen atoms in total. The highest BCUT2D eigenvalue weighted by Gasteiger charge is 2.18. The highest BCUT2D eigenvalue weighted by atomic mass is 16.1. The minimum Gasteiger partial charge on any atom is -0.370 e. The molecule has 0 saturated heterocycles. The lowest BCUT2D eigenvalue weighted by Gasteiger charge is -2.15. The molecule has 0 spiro atoms. The number of para-hydroxylation sites is 1. The number of rotatable bonds is 6. The lowest BCUT2D eigenvalue weighted by atomic mass is 10.00. The average Bonchev–Trinajstić information content (AvgIpc) is 3.08. The van der Waals surface area contributed by atoms with Crippen molar-refractivity contribution >= 4 is 23.1 Å². The molecule has 0 aliphatic rings. The lowest BCUT2D eigenvalue weighted by Crippen LogP contribution is -2.11. The quantitative estimate of drug-likeness (QED) is 0.502. The molecule has 3 N–H and O–H groups in total. The first-order valence-electron chi connectivity index (χ1n) is 9.71. The van der Waals surface area contributed by atoms with Gasteiger partial charge >= 0.3 is 0 Å². The minimum absolute atomic E-state index is 0.302. The summed E-state index contributed by atoms with van der Waals surface area (Å²) in [4.78, 5) is 16.2. The predicted molar refractivity (Wildman–Crippen MR) is 117 cm³/mol. The molecule has 0 aliphatic heterocycles. The van der Waals surface area contributed by atoms with Gasteiger partial charge < -0.3 is 11.1 Å². The van der Waals surface area contributed by atoms with E-state index in [0.29, 0.717) is 12.8 Å². The molecule has 2 aromatic heterocycles. The number of aryl methyl sites for hydroxylation is 3. The Hall–Kier alpha value is -3.60. The average molecular weight is 384 g/mol. The predicted octanol–water partition coefficient (Wildman–Crippen LogP) is 4.78. The largest absolute Gasteiger partial charge is 0.370 e. The van der Waals surface area contributed by atoms with Crippen molar-refractivity contribution in [2.45, 2.75) is 26.7 Å². The summed E-state index contributed by atoms with van der Waals surface area (Å²) < 4.78 is 2.06. The fourth-order valence-corrected chi connectivity index (χ4v) is 3.66. The summed E-state index contributed by atoms with van der Waals surface area (Å²) in [7, 11) is 0. The van der Waals surface area contributed by atoms with Gasteiger partial charge in [0.05, 0.1) is 0 Å². The third-order valence-corrected chi connectivity index (χ3v) is 5.17. The summed E-state index contributed by atoms with van der Waals surface area (Å²) in [6.45, 7) is 4.19. The number of benzene rings is 2. The molecule has 146 valence electrons. The van der Waals surface area contributed by atoms with Crippen molar-refractivity contribution in [1.82, 2.24) is 9.38 Å². The van der Waals surface area contributed by atoms with E-state index in [1.807, 2.05) is 48.7 Å². The Balaban J connectivity index is 1.88. The second-order valence-electron chi connectivity index (χ2n) is 7.25. The van der Waals surface area contributed by atoms with Crippen LogP contribution in [-0.4, -0.2) is 15.3 Å². The zero-order chi connectivity index (χ0) is 20.4. The Morgan fingerprint density at radius 1 is 1.00 bits per heavy atom. The molecule has 0 unspecified atom stereocenters. The van der Waals surface area contributed by atoms with Gasteiger partial charge in [-0.2, -0.15) is 0 Å². The van der Waals surface area contributed by atoms with Crippen LogP contribution in [0.25, 0.3) is 16.9 Å². The molecule has 0 aliphatic carbocycles. The van der Waals surface area contributed by atoms with E-state index in [0.717, 1.165) is 34.0 Å². The first-order valence-corrected chi connectivity index (χ1v) is 9.71. The highest BCUT2D eigenvalue weighted by molar-refractivity contribution is 5.83. The number of pyridine rings is 1. The van der Waals surface area contributed by atoms with Crippen molar-refractivity contribution in [3.05, 3.63) is 83.6 Å². The van der Waals surface area contributed by atoms with Crippen LogP contribution in [-0.2, 0) is 11.2 Å². The lowest BCUT2D eigenvalue weighted by molar-refractivity contribution is -0.117. The smallest absolute Gasteiger partial charge is 0.217 e. The third kappa shape index (κ3) is 3.72. The molecule has 5 heteroatoms. The second-order valence-corrected chi connectivity index (χ2v) is 7.25. The van der Waals surface area contributed by atoms with Crippen LogP contribution in [0.4, 0.5) is 11.5 Å². The molecule has 0 fully saturated rings. The molecule has 0 saturated carbocycles. The summed E-state index contributed by atoms with van der Waals surface area (Å²) in [5.41, 5.74) is 12.6. The van der Waals surface area contributed by atoms with Gasteiger partial charge in [0.2, 0.25) is 5.91 Å². The van der Waals surface area contributed by atoms with Crippen molar-refractivity contribution in [1.29, 1.82) is 0 Å². The topological polar surface area (TPSA) is 72.4 Å². The number of primary amides is 1. The Morgan fingerprint density at radius 3 is 2.48 bits per heavy atom. The van der Waals surface area contributed by atoms with Crippen LogP contribution in [0.15, 0.2) is 66.9 Å². The van der Waals surface area contributed by atoms with E-state index in [1.165, 1.54) is 11.1 Å². The van der Waals surface area contributed by atoms with E-state index in [-0.39, 0.29) is 5.91 Å². The standard InChI is InChI=1S/C24H24N4O/c1-16-8-7-9-17(2)22(16)27-24-23(26-21-12-5-6-15-28(21)24)19-11-4-3-10-18(19)13-14-20(25)29/h3-12,15,27H,13-14H2,1-2H3,(H2,25,29). The number of carbonyl (C=O) groups excluding carboxylic acids is 1. The zero-order valence-corrected chi connectivity index (χ0v) is 16.6. The number of hydrogen-bond donors (Lipinski definition) is 2. The van der Waals surface area contributed by atoms with Crippen molar-refractivity contribution in [2.24, 2.45) is 5.73 Å². The molecule has 1 amide bonds. The SMILES string of the molecule is Cc1cccc(C)c1Nc1c(-c2ccccc2CCC(N)=O)nc2ccccn12. The first-order chi connectivity index (χ1) is 14.0. The van der Waals surface area contributed by atoms with Gasteiger partial charge in [-0.05, 0) is 49.1 Å². The van der Waals surface area contributed by atoms with Crippen LogP contribution in [0, 0.1) is 13.8 Å². The molecule has 0 atom stereocenters. The van der Waals surface area contributed by atoms with Gasteiger partial charge in [-0.3, -0.25) is 9.20 Å². The van der Waals surface area contributed by atoms with E-state index < -0.39 is 0 Å². The fourth-order valence-electron chi connectivity index (χ4n) is 3.66. The van der Waals surface area contributed by atoms with Crippen molar-refractivity contribution in [2.75, 3.05) is 5.32 Å². The fraction of sp³-hybridized carbons (Fsp3) is 0.167. The van der Waals surface area contributed by atoms with Gasteiger partial charge in [0.25, 0.3) is 0 Å². The maximum Gasteiger partial charge on any atom is 0.217 e. The van der Waals surface area contributed by atoms with E-state index in [1.54, 1.807) is 0 Å². The van der Waals surface area contributed by atoms with Crippen LogP contribution in [0.2, 0.25) is 0 Å². The highest BCUT2D eigenvalue weighted by Crippen LogP contribution is 2.35. The normalized spacial score (nSPS) is 11.0. The Labute approximate surface area is 170 Å².